The predicted octanol–water partition coefficient (Wildman–Crippen LogP) is 4.98. The van der Waals surface area contributed by atoms with Crippen molar-refractivity contribution in [3.63, 3.8) is 0 Å². The first-order valence-corrected chi connectivity index (χ1v) is 10.4. The van der Waals surface area contributed by atoms with Crippen LogP contribution < -0.4 is 15.4 Å². The van der Waals surface area contributed by atoms with Crippen LogP contribution in [0.5, 0.6) is 5.75 Å². The Kier molecular flexibility index (Phi) is 8.71. The minimum absolute atomic E-state index is 0. The number of nitrogens with zero attached hydrogens (tertiary/aromatic N) is 2. The summed E-state index contributed by atoms with van der Waals surface area (Å²) in [5.74, 6) is 1.66. The van der Waals surface area contributed by atoms with Crippen molar-refractivity contribution in [3.05, 3.63) is 56.2 Å². The largest absolute Gasteiger partial charge is 0.497 e. The highest BCUT2D eigenvalue weighted by Gasteiger charge is 2.07. The number of thiophene rings is 1. The molecule has 0 amide bonds. The summed E-state index contributed by atoms with van der Waals surface area (Å²) in [4.78, 5) is 11.3. The molecule has 0 fully saturated rings. The molecule has 0 unspecified atom stereocenters. The van der Waals surface area contributed by atoms with E-state index in [1.165, 1.54) is 20.9 Å². The summed E-state index contributed by atoms with van der Waals surface area (Å²) in [7, 11) is 3.47. The Morgan fingerprint density at radius 1 is 1.11 bits per heavy atom. The molecule has 0 bridgehead atoms. The van der Waals surface area contributed by atoms with Gasteiger partial charge in [0.1, 0.15) is 5.75 Å². The molecule has 0 atom stereocenters. The van der Waals surface area contributed by atoms with E-state index in [4.69, 9.17) is 4.74 Å². The van der Waals surface area contributed by atoms with Gasteiger partial charge in [0, 0.05) is 16.8 Å². The van der Waals surface area contributed by atoms with Crippen molar-refractivity contribution in [1.29, 1.82) is 0 Å². The zero-order valence-corrected chi connectivity index (χ0v) is 20.4. The summed E-state index contributed by atoms with van der Waals surface area (Å²) >= 11 is 3.46. The standard InChI is InChI=1S/C20H24N4OS2.HI/c1-13-19(27-14(2)24-13)11-23-20(21-3)22-10-18-9-16(12-26-18)15-5-7-17(25-4)8-6-15;/h5-9,12H,10-11H2,1-4H3,(H2,21,22,23);1H. The van der Waals surface area contributed by atoms with E-state index in [-0.39, 0.29) is 24.0 Å². The van der Waals surface area contributed by atoms with Gasteiger partial charge in [0.25, 0.3) is 0 Å². The van der Waals surface area contributed by atoms with E-state index in [1.807, 2.05) is 26.0 Å². The molecular formula is C20H25IN4OS2. The fraction of sp³-hybridized carbons (Fsp3) is 0.300. The molecule has 1 aromatic carbocycles. The lowest BCUT2D eigenvalue weighted by molar-refractivity contribution is 0.415. The maximum Gasteiger partial charge on any atom is 0.191 e. The SMILES string of the molecule is CN=C(NCc1cc(-c2ccc(OC)cc2)cs1)NCc1sc(C)nc1C.I. The molecule has 8 heteroatoms. The number of thiazole rings is 1. The van der Waals surface area contributed by atoms with Gasteiger partial charge in [-0.1, -0.05) is 12.1 Å². The summed E-state index contributed by atoms with van der Waals surface area (Å²) < 4.78 is 5.22. The molecular weight excluding hydrogens is 503 g/mol. The third kappa shape index (κ3) is 5.92. The van der Waals surface area contributed by atoms with E-state index >= 15 is 0 Å². The first-order chi connectivity index (χ1) is 13.1. The number of nitrogens with one attached hydrogen (secondary N) is 2. The van der Waals surface area contributed by atoms with Crippen molar-refractivity contribution in [2.45, 2.75) is 26.9 Å². The average molecular weight is 528 g/mol. The lowest BCUT2D eigenvalue weighted by Gasteiger charge is -2.10. The molecule has 150 valence electrons. The summed E-state index contributed by atoms with van der Waals surface area (Å²) in [5.41, 5.74) is 3.50. The molecule has 0 radical (unpaired) electrons. The van der Waals surface area contributed by atoms with Crippen LogP contribution in [0.3, 0.4) is 0 Å². The second kappa shape index (κ2) is 10.8. The summed E-state index contributed by atoms with van der Waals surface area (Å²) in [6.45, 7) is 5.55. The quantitative estimate of drug-likeness (QED) is 0.269. The fourth-order valence-corrected chi connectivity index (χ4v) is 4.41. The van der Waals surface area contributed by atoms with Crippen LogP contribution >= 0.6 is 46.7 Å². The Hall–Kier alpha value is -1.65. The number of ether oxygens (including phenoxy) is 1. The number of methoxy groups -OCH3 is 1. The molecule has 0 aliphatic carbocycles. The molecule has 0 saturated heterocycles. The molecule has 0 aliphatic heterocycles. The zero-order chi connectivity index (χ0) is 19.2. The van der Waals surface area contributed by atoms with Gasteiger partial charge in [0.2, 0.25) is 0 Å². The number of halogens is 1. The molecule has 28 heavy (non-hydrogen) atoms. The molecule has 2 heterocycles. The highest BCUT2D eigenvalue weighted by atomic mass is 127. The van der Waals surface area contributed by atoms with Crippen LogP contribution in [0.2, 0.25) is 0 Å². The number of hydrogen-bond donors (Lipinski definition) is 2. The van der Waals surface area contributed by atoms with Gasteiger partial charge in [-0.15, -0.1) is 46.7 Å². The highest BCUT2D eigenvalue weighted by molar-refractivity contribution is 14.0. The summed E-state index contributed by atoms with van der Waals surface area (Å²) in [5, 5.41) is 10.0. The smallest absolute Gasteiger partial charge is 0.191 e. The minimum Gasteiger partial charge on any atom is -0.497 e. The Labute approximate surface area is 191 Å². The minimum atomic E-state index is 0. The van der Waals surface area contributed by atoms with Gasteiger partial charge in [-0.3, -0.25) is 4.99 Å². The van der Waals surface area contributed by atoms with Crippen LogP contribution in [-0.2, 0) is 13.1 Å². The van der Waals surface area contributed by atoms with E-state index in [2.05, 4.69) is 44.2 Å². The average Bonchev–Trinajstić information content (AvgIpc) is 3.28. The van der Waals surface area contributed by atoms with Gasteiger partial charge in [-0.05, 0) is 48.6 Å². The second-order valence-corrected chi connectivity index (χ2v) is 8.33. The van der Waals surface area contributed by atoms with Crippen molar-refractivity contribution < 1.29 is 4.74 Å². The van der Waals surface area contributed by atoms with Gasteiger partial charge in [0.15, 0.2) is 5.96 Å². The number of benzene rings is 1. The first kappa shape index (κ1) is 22.6. The van der Waals surface area contributed by atoms with E-state index in [0.717, 1.165) is 35.5 Å². The molecule has 0 spiro atoms. The van der Waals surface area contributed by atoms with Gasteiger partial charge in [0.05, 0.1) is 30.9 Å². The predicted molar refractivity (Wildman–Crippen MR) is 130 cm³/mol. The van der Waals surface area contributed by atoms with Crippen LogP contribution in [0.25, 0.3) is 11.1 Å². The van der Waals surface area contributed by atoms with Crippen LogP contribution in [0.1, 0.15) is 20.5 Å². The molecule has 2 N–H and O–H groups in total. The highest BCUT2D eigenvalue weighted by Crippen LogP contribution is 2.27. The van der Waals surface area contributed by atoms with Gasteiger partial charge in [-0.25, -0.2) is 4.98 Å². The Morgan fingerprint density at radius 2 is 1.82 bits per heavy atom. The Balaban J connectivity index is 0.00000280. The van der Waals surface area contributed by atoms with E-state index in [9.17, 15) is 0 Å². The second-order valence-electron chi connectivity index (χ2n) is 6.05. The maximum atomic E-state index is 5.22. The first-order valence-electron chi connectivity index (χ1n) is 8.68. The lowest BCUT2D eigenvalue weighted by Crippen LogP contribution is -2.36. The molecule has 3 rings (SSSR count). The number of hydrogen-bond acceptors (Lipinski definition) is 5. The van der Waals surface area contributed by atoms with Crippen molar-refractivity contribution in [1.82, 2.24) is 15.6 Å². The van der Waals surface area contributed by atoms with Crippen molar-refractivity contribution in [3.8, 4) is 16.9 Å². The molecule has 2 aromatic heterocycles. The topological polar surface area (TPSA) is 58.5 Å². The van der Waals surface area contributed by atoms with Gasteiger partial charge >= 0.3 is 0 Å². The van der Waals surface area contributed by atoms with Gasteiger partial charge < -0.3 is 15.4 Å². The number of rotatable bonds is 6. The Bertz CT molecular complexity index is 919. The third-order valence-corrected chi connectivity index (χ3v) is 6.16. The van der Waals surface area contributed by atoms with E-state index < -0.39 is 0 Å². The number of aromatic nitrogens is 1. The van der Waals surface area contributed by atoms with Crippen LogP contribution in [0.15, 0.2) is 40.7 Å². The molecule has 0 saturated carbocycles. The van der Waals surface area contributed by atoms with Crippen molar-refractivity contribution in [2.75, 3.05) is 14.2 Å². The normalized spacial score (nSPS) is 11.1. The number of aryl methyl sites for hydroxylation is 2. The lowest BCUT2D eigenvalue weighted by atomic mass is 10.1. The number of guanidine groups is 1. The monoisotopic (exact) mass is 528 g/mol. The molecule has 0 aliphatic rings. The molecule has 3 aromatic rings. The van der Waals surface area contributed by atoms with Crippen LogP contribution in [-0.4, -0.2) is 25.1 Å². The summed E-state index contributed by atoms with van der Waals surface area (Å²) in [6, 6.07) is 10.3. The maximum absolute atomic E-state index is 5.22. The third-order valence-electron chi connectivity index (χ3n) is 4.15. The Morgan fingerprint density at radius 3 is 2.43 bits per heavy atom. The van der Waals surface area contributed by atoms with Crippen LogP contribution in [0.4, 0.5) is 0 Å². The molecule has 5 nitrogen and oxygen atoms in total. The van der Waals surface area contributed by atoms with E-state index in [0.29, 0.717) is 0 Å². The van der Waals surface area contributed by atoms with Crippen molar-refractivity contribution >= 4 is 52.6 Å². The van der Waals surface area contributed by atoms with Crippen LogP contribution in [0, 0.1) is 13.8 Å². The number of aliphatic imine (C=N–C) groups is 1. The zero-order valence-electron chi connectivity index (χ0n) is 16.4. The fourth-order valence-electron chi connectivity index (χ4n) is 2.70. The van der Waals surface area contributed by atoms with Gasteiger partial charge in [-0.2, -0.15) is 0 Å². The summed E-state index contributed by atoms with van der Waals surface area (Å²) in [6.07, 6.45) is 0. The van der Waals surface area contributed by atoms with E-state index in [1.54, 1.807) is 36.8 Å². The van der Waals surface area contributed by atoms with Crippen molar-refractivity contribution in [2.24, 2.45) is 4.99 Å².